The minimum absolute atomic E-state index is 0.484. The zero-order chi connectivity index (χ0) is 14.4. The Labute approximate surface area is 122 Å². The smallest absolute Gasteiger partial charge is 0.0596 e. The first-order valence-corrected chi connectivity index (χ1v) is 8.03. The molecule has 1 aliphatic heterocycles. The lowest BCUT2D eigenvalue weighted by molar-refractivity contribution is 0.00858. The Morgan fingerprint density at radius 2 is 2.35 bits per heavy atom. The van der Waals surface area contributed by atoms with Gasteiger partial charge in [0.05, 0.1) is 11.8 Å². The number of aryl methyl sites for hydroxylation is 2. The van der Waals surface area contributed by atoms with Crippen molar-refractivity contribution in [2.75, 3.05) is 13.2 Å². The molecule has 0 radical (unpaired) electrons. The molecule has 0 aliphatic carbocycles. The van der Waals surface area contributed by atoms with Crippen LogP contribution in [-0.4, -0.2) is 35.1 Å². The Bertz CT molecular complexity index is 396. The molecule has 2 unspecified atom stereocenters. The molecule has 2 atom stereocenters. The van der Waals surface area contributed by atoms with E-state index in [1.807, 2.05) is 11.7 Å². The molecule has 1 aliphatic rings. The van der Waals surface area contributed by atoms with E-state index in [0.29, 0.717) is 12.1 Å². The summed E-state index contributed by atoms with van der Waals surface area (Å²) in [6.07, 6.45) is 7.70. The lowest BCUT2D eigenvalue weighted by Crippen LogP contribution is -2.33. The molecule has 2 heterocycles. The summed E-state index contributed by atoms with van der Waals surface area (Å²) in [6.45, 7) is 6.21. The summed E-state index contributed by atoms with van der Waals surface area (Å²) < 4.78 is 7.85. The first-order valence-electron chi connectivity index (χ1n) is 8.03. The predicted molar refractivity (Wildman–Crippen MR) is 81.9 cm³/mol. The van der Waals surface area contributed by atoms with Crippen molar-refractivity contribution in [1.82, 2.24) is 15.1 Å². The average molecular weight is 279 g/mol. The monoisotopic (exact) mass is 279 g/mol. The van der Waals surface area contributed by atoms with E-state index in [2.05, 4.69) is 30.3 Å². The largest absolute Gasteiger partial charge is 0.378 e. The zero-order valence-corrected chi connectivity index (χ0v) is 13.2. The van der Waals surface area contributed by atoms with Crippen LogP contribution in [-0.2, 0) is 18.2 Å². The van der Waals surface area contributed by atoms with Gasteiger partial charge in [0.2, 0.25) is 0 Å². The fourth-order valence-corrected chi connectivity index (χ4v) is 3.09. The normalized spacial score (nSPS) is 21.1. The summed E-state index contributed by atoms with van der Waals surface area (Å²) >= 11 is 0. The lowest BCUT2D eigenvalue weighted by atomic mass is 9.99. The van der Waals surface area contributed by atoms with Gasteiger partial charge in [-0.2, -0.15) is 5.10 Å². The number of hydrogen-bond acceptors (Lipinski definition) is 3. The molecule has 20 heavy (non-hydrogen) atoms. The molecular formula is C16H29N3O. The first-order chi connectivity index (χ1) is 9.69. The van der Waals surface area contributed by atoms with Crippen LogP contribution in [0.2, 0.25) is 0 Å². The lowest BCUT2D eigenvalue weighted by Gasteiger charge is -2.25. The van der Waals surface area contributed by atoms with E-state index in [1.54, 1.807) is 0 Å². The molecule has 4 heteroatoms. The predicted octanol–water partition coefficient (Wildman–Crippen LogP) is 2.60. The molecule has 0 amide bonds. The Morgan fingerprint density at radius 1 is 1.50 bits per heavy atom. The third-order valence-electron chi connectivity index (χ3n) is 4.16. The van der Waals surface area contributed by atoms with Crippen LogP contribution in [0.3, 0.4) is 0 Å². The summed E-state index contributed by atoms with van der Waals surface area (Å²) in [6, 6.07) is 2.72. The van der Waals surface area contributed by atoms with Crippen LogP contribution < -0.4 is 5.32 Å². The maximum Gasteiger partial charge on any atom is 0.0596 e. The summed E-state index contributed by atoms with van der Waals surface area (Å²) in [5.41, 5.74) is 2.42. The van der Waals surface area contributed by atoms with Gasteiger partial charge < -0.3 is 10.1 Å². The van der Waals surface area contributed by atoms with Crippen molar-refractivity contribution in [2.24, 2.45) is 7.05 Å². The third-order valence-corrected chi connectivity index (χ3v) is 4.16. The highest BCUT2D eigenvalue weighted by Crippen LogP contribution is 2.19. The van der Waals surface area contributed by atoms with Crippen molar-refractivity contribution in [2.45, 2.75) is 64.5 Å². The van der Waals surface area contributed by atoms with Crippen molar-refractivity contribution >= 4 is 0 Å². The highest BCUT2D eigenvalue weighted by Gasteiger charge is 2.17. The molecule has 0 aromatic carbocycles. The van der Waals surface area contributed by atoms with Crippen LogP contribution in [0.4, 0.5) is 0 Å². The van der Waals surface area contributed by atoms with Gasteiger partial charge in [0.25, 0.3) is 0 Å². The Kier molecular flexibility index (Phi) is 6.05. The zero-order valence-electron chi connectivity index (χ0n) is 13.2. The molecule has 1 aromatic rings. The number of aromatic nitrogens is 2. The Morgan fingerprint density at radius 3 is 2.95 bits per heavy atom. The maximum atomic E-state index is 5.84. The number of hydrogen-bond donors (Lipinski definition) is 1. The van der Waals surface area contributed by atoms with Crippen molar-refractivity contribution in [3.63, 3.8) is 0 Å². The molecule has 1 N–H and O–H groups in total. The summed E-state index contributed by atoms with van der Waals surface area (Å²) in [5, 5.41) is 8.05. The molecule has 4 nitrogen and oxygen atoms in total. The van der Waals surface area contributed by atoms with Crippen LogP contribution in [0.1, 0.15) is 50.4 Å². The number of likely N-dealkylation sites (N-methyl/N-ethyl adjacent to an activating group) is 1. The molecule has 0 bridgehead atoms. The Hall–Kier alpha value is -0.870. The molecular weight excluding hydrogens is 250 g/mol. The van der Waals surface area contributed by atoms with E-state index in [9.17, 15) is 0 Å². The molecule has 0 spiro atoms. The number of nitrogens with zero attached hydrogens (tertiary/aromatic N) is 2. The molecule has 2 rings (SSSR count). The van der Waals surface area contributed by atoms with Crippen molar-refractivity contribution in [3.8, 4) is 0 Å². The van der Waals surface area contributed by atoms with Gasteiger partial charge in [0.1, 0.15) is 0 Å². The van der Waals surface area contributed by atoms with Crippen LogP contribution in [0.15, 0.2) is 6.07 Å². The van der Waals surface area contributed by atoms with E-state index < -0.39 is 0 Å². The average Bonchev–Trinajstić information content (AvgIpc) is 2.76. The molecule has 1 saturated heterocycles. The van der Waals surface area contributed by atoms with Gasteiger partial charge >= 0.3 is 0 Å². The first kappa shape index (κ1) is 15.5. The third kappa shape index (κ3) is 4.60. The Balaban J connectivity index is 1.84. The maximum absolute atomic E-state index is 5.84. The fourth-order valence-electron chi connectivity index (χ4n) is 3.09. The summed E-state index contributed by atoms with van der Waals surface area (Å²) in [4.78, 5) is 0. The van der Waals surface area contributed by atoms with E-state index in [0.717, 1.165) is 25.3 Å². The van der Waals surface area contributed by atoms with E-state index in [-0.39, 0.29) is 0 Å². The molecule has 0 saturated carbocycles. The minimum atomic E-state index is 0.484. The molecule has 1 aromatic heterocycles. The summed E-state index contributed by atoms with van der Waals surface area (Å²) in [5.74, 6) is 0. The van der Waals surface area contributed by atoms with Crippen LogP contribution in [0.5, 0.6) is 0 Å². The second-order valence-electron chi connectivity index (χ2n) is 5.93. The molecule has 1 fully saturated rings. The topological polar surface area (TPSA) is 39.1 Å². The second kappa shape index (κ2) is 7.79. The van der Waals surface area contributed by atoms with Gasteiger partial charge in [-0.3, -0.25) is 4.68 Å². The molecule has 114 valence electrons. The second-order valence-corrected chi connectivity index (χ2v) is 5.93. The van der Waals surface area contributed by atoms with Gasteiger partial charge in [-0.1, -0.05) is 6.92 Å². The van der Waals surface area contributed by atoms with E-state index in [1.165, 1.54) is 37.8 Å². The quantitative estimate of drug-likeness (QED) is 0.834. The number of nitrogens with one attached hydrogen (secondary N) is 1. The van der Waals surface area contributed by atoms with Crippen LogP contribution >= 0.6 is 0 Å². The highest BCUT2D eigenvalue weighted by atomic mass is 16.5. The SMILES string of the molecule is CCNC(CCC1CCCCO1)Cc1cc(C)nn1C. The van der Waals surface area contributed by atoms with Gasteiger partial charge in [0.15, 0.2) is 0 Å². The minimum Gasteiger partial charge on any atom is -0.378 e. The standard InChI is InChI=1S/C16H29N3O/c1-4-17-14(8-9-16-7-5-6-10-20-16)12-15-11-13(2)18-19(15)3/h11,14,16-17H,4-10,12H2,1-3H3. The highest BCUT2D eigenvalue weighted by molar-refractivity contribution is 5.10. The van der Waals surface area contributed by atoms with Gasteiger partial charge in [-0.15, -0.1) is 0 Å². The summed E-state index contributed by atoms with van der Waals surface area (Å²) in [7, 11) is 2.04. The van der Waals surface area contributed by atoms with Gasteiger partial charge in [-0.25, -0.2) is 0 Å². The number of rotatable bonds is 7. The van der Waals surface area contributed by atoms with Crippen molar-refractivity contribution in [3.05, 3.63) is 17.5 Å². The van der Waals surface area contributed by atoms with Gasteiger partial charge in [-0.05, 0) is 51.6 Å². The van der Waals surface area contributed by atoms with E-state index >= 15 is 0 Å². The van der Waals surface area contributed by atoms with Crippen LogP contribution in [0.25, 0.3) is 0 Å². The van der Waals surface area contributed by atoms with Crippen LogP contribution in [0, 0.1) is 6.92 Å². The van der Waals surface area contributed by atoms with Crippen molar-refractivity contribution < 1.29 is 4.74 Å². The number of ether oxygens (including phenoxy) is 1. The fraction of sp³-hybridized carbons (Fsp3) is 0.812. The van der Waals surface area contributed by atoms with Crippen molar-refractivity contribution in [1.29, 1.82) is 0 Å². The van der Waals surface area contributed by atoms with E-state index in [4.69, 9.17) is 4.74 Å². The van der Waals surface area contributed by atoms with Gasteiger partial charge in [0, 0.05) is 31.8 Å².